The molecule has 0 spiro atoms. The molecule has 0 saturated heterocycles. The summed E-state index contributed by atoms with van der Waals surface area (Å²) in [7, 11) is 0. The van der Waals surface area contributed by atoms with Gasteiger partial charge in [0.05, 0.1) is 17.1 Å². The SMILES string of the molecule is CCCCCCCCOC(=O)/C(=C\c1ccccc1[N+](=O)[O-])C(C)=O. The fourth-order valence-electron chi connectivity index (χ4n) is 2.36. The largest absolute Gasteiger partial charge is 0.462 e. The molecule has 0 aromatic heterocycles. The van der Waals surface area contributed by atoms with Crippen molar-refractivity contribution in [2.45, 2.75) is 52.4 Å². The number of benzene rings is 1. The summed E-state index contributed by atoms with van der Waals surface area (Å²) >= 11 is 0. The van der Waals surface area contributed by atoms with E-state index < -0.39 is 16.7 Å². The van der Waals surface area contributed by atoms with Crippen molar-refractivity contribution in [3.8, 4) is 0 Å². The number of carbonyl (C=O) groups excluding carboxylic acids is 2. The lowest BCUT2D eigenvalue weighted by Gasteiger charge is -2.07. The first-order valence-corrected chi connectivity index (χ1v) is 8.60. The number of hydrogen-bond donors (Lipinski definition) is 0. The van der Waals surface area contributed by atoms with Crippen molar-refractivity contribution in [1.29, 1.82) is 0 Å². The summed E-state index contributed by atoms with van der Waals surface area (Å²) in [5.74, 6) is -1.22. The molecule has 0 unspecified atom stereocenters. The van der Waals surface area contributed by atoms with Gasteiger partial charge in [-0.15, -0.1) is 0 Å². The van der Waals surface area contributed by atoms with Gasteiger partial charge in [-0.3, -0.25) is 14.9 Å². The van der Waals surface area contributed by atoms with Gasteiger partial charge in [0.15, 0.2) is 5.78 Å². The van der Waals surface area contributed by atoms with Gasteiger partial charge >= 0.3 is 5.97 Å². The van der Waals surface area contributed by atoms with Crippen LogP contribution in [0.3, 0.4) is 0 Å². The quantitative estimate of drug-likeness (QED) is 0.112. The summed E-state index contributed by atoms with van der Waals surface area (Å²) in [6, 6.07) is 5.95. The number of nitrogens with zero attached hydrogens (tertiary/aromatic N) is 1. The van der Waals surface area contributed by atoms with Gasteiger partial charge in [-0.1, -0.05) is 51.2 Å². The normalized spacial score (nSPS) is 11.2. The van der Waals surface area contributed by atoms with Crippen LogP contribution >= 0.6 is 0 Å². The highest BCUT2D eigenvalue weighted by molar-refractivity contribution is 6.20. The second-order valence-corrected chi connectivity index (χ2v) is 5.83. The van der Waals surface area contributed by atoms with Crippen LogP contribution in [0.4, 0.5) is 5.69 Å². The molecule has 0 radical (unpaired) electrons. The van der Waals surface area contributed by atoms with Crippen LogP contribution in [0, 0.1) is 10.1 Å². The second-order valence-electron chi connectivity index (χ2n) is 5.83. The van der Waals surface area contributed by atoms with E-state index in [0.29, 0.717) is 0 Å². The highest BCUT2D eigenvalue weighted by Gasteiger charge is 2.19. The van der Waals surface area contributed by atoms with Crippen molar-refractivity contribution >= 4 is 23.5 Å². The number of carbonyl (C=O) groups is 2. The average molecular weight is 347 g/mol. The maximum atomic E-state index is 12.1. The molecule has 136 valence electrons. The van der Waals surface area contributed by atoms with Gasteiger partial charge in [-0.2, -0.15) is 0 Å². The van der Waals surface area contributed by atoms with Crippen LogP contribution < -0.4 is 0 Å². The van der Waals surface area contributed by atoms with Gasteiger partial charge in [0, 0.05) is 6.07 Å². The van der Waals surface area contributed by atoms with Crippen LogP contribution in [0.2, 0.25) is 0 Å². The maximum absolute atomic E-state index is 12.1. The number of hydrogen-bond acceptors (Lipinski definition) is 5. The third-order valence-electron chi connectivity index (χ3n) is 3.76. The average Bonchev–Trinajstić information content (AvgIpc) is 2.58. The van der Waals surface area contributed by atoms with E-state index in [0.717, 1.165) is 19.3 Å². The van der Waals surface area contributed by atoms with E-state index in [1.165, 1.54) is 50.5 Å². The highest BCUT2D eigenvalue weighted by atomic mass is 16.6. The Morgan fingerprint density at radius 1 is 1.12 bits per heavy atom. The first kappa shape index (κ1) is 20.5. The highest BCUT2D eigenvalue weighted by Crippen LogP contribution is 2.21. The Morgan fingerprint density at radius 3 is 2.40 bits per heavy atom. The number of ether oxygens (including phenoxy) is 1. The molecular weight excluding hydrogens is 322 g/mol. The zero-order valence-corrected chi connectivity index (χ0v) is 14.8. The molecule has 0 aliphatic carbocycles. The van der Waals surface area contributed by atoms with Crippen molar-refractivity contribution in [1.82, 2.24) is 0 Å². The smallest absolute Gasteiger partial charge is 0.341 e. The van der Waals surface area contributed by atoms with E-state index in [9.17, 15) is 19.7 Å². The monoisotopic (exact) mass is 347 g/mol. The van der Waals surface area contributed by atoms with E-state index in [4.69, 9.17) is 4.74 Å². The number of ketones is 1. The minimum Gasteiger partial charge on any atom is -0.462 e. The molecular formula is C19H25NO5. The number of unbranched alkanes of at least 4 members (excludes halogenated alkanes) is 5. The van der Waals surface area contributed by atoms with Crippen LogP contribution in [0.15, 0.2) is 29.8 Å². The van der Waals surface area contributed by atoms with Gasteiger partial charge in [-0.25, -0.2) is 4.79 Å². The third-order valence-corrected chi connectivity index (χ3v) is 3.76. The Hall–Kier alpha value is -2.50. The van der Waals surface area contributed by atoms with Gasteiger partial charge in [0.1, 0.15) is 5.57 Å². The lowest BCUT2D eigenvalue weighted by atomic mass is 10.1. The topological polar surface area (TPSA) is 86.5 Å². The summed E-state index contributed by atoms with van der Waals surface area (Å²) < 4.78 is 5.15. The summed E-state index contributed by atoms with van der Waals surface area (Å²) in [5.41, 5.74) is -0.139. The molecule has 0 bridgehead atoms. The first-order chi connectivity index (χ1) is 12.0. The molecule has 0 N–H and O–H groups in total. The number of nitro groups is 1. The Morgan fingerprint density at radius 2 is 1.76 bits per heavy atom. The lowest BCUT2D eigenvalue weighted by molar-refractivity contribution is -0.385. The molecule has 0 heterocycles. The maximum Gasteiger partial charge on any atom is 0.341 e. The van der Waals surface area contributed by atoms with Crippen molar-refractivity contribution < 1.29 is 19.2 Å². The standard InChI is InChI=1S/C19H25NO5/c1-3-4-5-6-7-10-13-25-19(22)17(15(2)21)14-16-11-8-9-12-18(16)20(23)24/h8-9,11-12,14H,3-7,10,13H2,1-2H3/b17-14-. The molecule has 1 aromatic rings. The van der Waals surface area contributed by atoms with Crippen molar-refractivity contribution in [3.63, 3.8) is 0 Å². The van der Waals surface area contributed by atoms with Crippen LogP contribution in [0.1, 0.15) is 57.9 Å². The first-order valence-electron chi connectivity index (χ1n) is 8.60. The molecule has 6 nitrogen and oxygen atoms in total. The molecule has 1 aromatic carbocycles. The molecule has 1 rings (SSSR count). The summed E-state index contributed by atoms with van der Waals surface area (Å²) in [4.78, 5) is 34.3. The van der Waals surface area contributed by atoms with Gasteiger partial charge in [-0.05, 0) is 25.5 Å². The molecule has 0 atom stereocenters. The number of nitro benzene ring substituents is 1. The Balaban J connectivity index is 2.69. The summed E-state index contributed by atoms with van der Waals surface area (Å²) in [6.07, 6.45) is 7.57. The number of Topliss-reactive ketones (excluding diaryl/α,β-unsaturated/α-hetero) is 1. The predicted octanol–water partition coefficient (Wildman–Crippen LogP) is 4.47. The van der Waals surface area contributed by atoms with E-state index in [-0.39, 0.29) is 23.4 Å². The Bertz CT molecular complexity index is 636. The predicted molar refractivity (Wildman–Crippen MR) is 96.1 cm³/mol. The minimum absolute atomic E-state index is 0.162. The van der Waals surface area contributed by atoms with Crippen molar-refractivity contribution in [2.75, 3.05) is 6.61 Å². The lowest BCUT2D eigenvalue weighted by Crippen LogP contribution is -2.14. The summed E-state index contributed by atoms with van der Waals surface area (Å²) in [5, 5.41) is 11.0. The van der Waals surface area contributed by atoms with E-state index >= 15 is 0 Å². The number of rotatable bonds is 11. The van der Waals surface area contributed by atoms with Crippen LogP contribution in [0.25, 0.3) is 6.08 Å². The minimum atomic E-state index is -0.737. The fraction of sp³-hybridized carbons (Fsp3) is 0.474. The van der Waals surface area contributed by atoms with E-state index in [1.54, 1.807) is 6.07 Å². The van der Waals surface area contributed by atoms with Crippen LogP contribution in [-0.2, 0) is 14.3 Å². The molecule has 0 aliphatic heterocycles. The van der Waals surface area contributed by atoms with E-state index in [2.05, 4.69) is 6.92 Å². The zero-order valence-electron chi connectivity index (χ0n) is 14.8. The van der Waals surface area contributed by atoms with Crippen molar-refractivity contribution in [2.24, 2.45) is 0 Å². The van der Waals surface area contributed by atoms with E-state index in [1.807, 2.05) is 0 Å². The van der Waals surface area contributed by atoms with Crippen molar-refractivity contribution in [3.05, 3.63) is 45.5 Å². The number of para-hydroxylation sites is 1. The molecule has 0 saturated carbocycles. The molecule has 0 aliphatic rings. The molecule has 0 fully saturated rings. The molecule has 6 heteroatoms. The van der Waals surface area contributed by atoms with Gasteiger partial charge in [0.2, 0.25) is 0 Å². The molecule has 25 heavy (non-hydrogen) atoms. The van der Waals surface area contributed by atoms with Gasteiger partial charge in [0.25, 0.3) is 5.69 Å². The van der Waals surface area contributed by atoms with Crippen LogP contribution in [-0.4, -0.2) is 23.3 Å². The second kappa shape index (κ2) is 11.1. The third kappa shape index (κ3) is 7.28. The van der Waals surface area contributed by atoms with Gasteiger partial charge < -0.3 is 4.74 Å². The van der Waals surface area contributed by atoms with Crippen LogP contribution in [0.5, 0.6) is 0 Å². The fourth-order valence-corrected chi connectivity index (χ4v) is 2.36. The Kier molecular flexibility index (Phi) is 9.14. The Labute approximate surface area is 148 Å². The zero-order chi connectivity index (χ0) is 18.7. The summed E-state index contributed by atoms with van der Waals surface area (Å²) in [6.45, 7) is 3.63. The molecule has 0 amide bonds. The number of esters is 1.